The third-order valence-corrected chi connectivity index (χ3v) is 3.88. The molecule has 1 aliphatic rings. The number of rotatable bonds is 5. The topological polar surface area (TPSA) is 71.5 Å². The van der Waals surface area contributed by atoms with Gasteiger partial charge in [0.05, 0.1) is 18.9 Å². The maximum atomic E-state index is 12.4. The van der Waals surface area contributed by atoms with E-state index in [1.165, 1.54) is 13.3 Å². The molecule has 1 aromatic rings. The number of ether oxygens (including phenoxy) is 1. The lowest BCUT2D eigenvalue weighted by Crippen LogP contribution is -2.36. The van der Waals surface area contributed by atoms with Crippen LogP contribution in [0.1, 0.15) is 43.0 Å². The van der Waals surface area contributed by atoms with Gasteiger partial charge in [-0.25, -0.2) is 0 Å². The van der Waals surface area contributed by atoms with E-state index in [1.807, 2.05) is 4.90 Å². The molecule has 22 heavy (non-hydrogen) atoms. The quantitative estimate of drug-likeness (QED) is 0.897. The van der Waals surface area contributed by atoms with Gasteiger partial charge in [-0.3, -0.25) is 14.6 Å². The van der Waals surface area contributed by atoms with Crippen LogP contribution in [-0.4, -0.2) is 47.9 Å². The van der Waals surface area contributed by atoms with Gasteiger partial charge in [-0.1, -0.05) is 6.92 Å². The van der Waals surface area contributed by atoms with Crippen LogP contribution in [0.4, 0.5) is 0 Å². The van der Waals surface area contributed by atoms with E-state index < -0.39 is 0 Å². The summed E-state index contributed by atoms with van der Waals surface area (Å²) in [6.45, 7) is 3.55. The number of carbonyl (C=O) groups is 2. The zero-order valence-electron chi connectivity index (χ0n) is 13.2. The lowest BCUT2D eigenvalue weighted by molar-refractivity contribution is -0.130. The minimum atomic E-state index is -0.180. The minimum absolute atomic E-state index is 0.0103. The molecule has 1 unspecified atom stereocenters. The number of likely N-dealkylation sites (tertiary alicyclic amines) is 1. The number of amides is 2. The molecule has 1 aliphatic heterocycles. The van der Waals surface area contributed by atoms with Gasteiger partial charge in [-0.05, 0) is 25.3 Å². The Kier molecular flexibility index (Phi) is 5.75. The number of aromatic nitrogens is 1. The molecule has 0 aromatic carbocycles. The lowest BCUT2D eigenvalue weighted by Gasteiger charge is -2.20. The average Bonchev–Trinajstić information content (AvgIpc) is 2.71. The summed E-state index contributed by atoms with van der Waals surface area (Å²) in [7, 11) is 1.51. The van der Waals surface area contributed by atoms with Crippen LogP contribution in [0.3, 0.4) is 0 Å². The molecule has 0 radical (unpaired) electrons. The number of hydrogen-bond donors (Lipinski definition) is 1. The summed E-state index contributed by atoms with van der Waals surface area (Å²) in [4.78, 5) is 30.2. The van der Waals surface area contributed by atoms with Crippen LogP contribution < -0.4 is 10.1 Å². The van der Waals surface area contributed by atoms with E-state index in [-0.39, 0.29) is 17.9 Å². The van der Waals surface area contributed by atoms with Crippen molar-refractivity contribution in [1.82, 2.24) is 15.2 Å². The van der Waals surface area contributed by atoms with Crippen molar-refractivity contribution in [3.63, 3.8) is 0 Å². The fraction of sp³-hybridized carbons (Fsp3) is 0.562. The van der Waals surface area contributed by atoms with Crippen molar-refractivity contribution in [2.75, 3.05) is 20.2 Å². The Hall–Kier alpha value is -2.11. The van der Waals surface area contributed by atoms with E-state index >= 15 is 0 Å². The molecule has 2 amide bonds. The molecular formula is C16H23N3O3. The lowest BCUT2D eigenvalue weighted by atomic mass is 10.1. The molecule has 2 rings (SSSR count). The second kappa shape index (κ2) is 7.77. The van der Waals surface area contributed by atoms with E-state index in [2.05, 4.69) is 17.2 Å². The van der Waals surface area contributed by atoms with Gasteiger partial charge in [0.1, 0.15) is 5.75 Å². The number of methoxy groups -OCH3 is 1. The summed E-state index contributed by atoms with van der Waals surface area (Å²) in [6.07, 6.45) is 5.99. The molecule has 1 N–H and O–H groups in total. The number of pyridine rings is 1. The molecular weight excluding hydrogens is 282 g/mol. The highest BCUT2D eigenvalue weighted by Crippen LogP contribution is 2.18. The van der Waals surface area contributed by atoms with Crippen molar-refractivity contribution in [3.05, 3.63) is 24.0 Å². The van der Waals surface area contributed by atoms with Crippen molar-refractivity contribution in [2.24, 2.45) is 0 Å². The third-order valence-electron chi connectivity index (χ3n) is 3.88. The smallest absolute Gasteiger partial charge is 0.255 e. The summed E-state index contributed by atoms with van der Waals surface area (Å²) < 4.78 is 5.16. The maximum absolute atomic E-state index is 12.4. The SMILES string of the molecule is CCCN1CCC(NC(=O)c2ccncc2OC)CCC1=O. The Balaban J connectivity index is 1.98. The molecule has 0 spiro atoms. The zero-order chi connectivity index (χ0) is 15.9. The summed E-state index contributed by atoms with van der Waals surface area (Å²) in [5.41, 5.74) is 0.471. The summed E-state index contributed by atoms with van der Waals surface area (Å²) in [5, 5.41) is 3.01. The predicted octanol–water partition coefficient (Wildman–Crippen LogP) is 1.61. The molecule has 120 valence electrons. The number of hydrogen-bond acceptors (Lipinski definition) is 4. The van der Waals surface area contributed by atoms with E-state index in [9.17, 15) is 9.59 Å². The Morgan fingerprint density at radius 2 is 2.32 bits per heavy atom. The van der Waals surface area contributed by atoms with Crippen molar-refractivity contribution >= 4 is 11.8 Å². The molecule has 0 aliphatic carbocycles. The van der Waals surface area contributed by atoms with E-state index in [0.29, 0.717) is 30.7 Å². The first-order valence-electron chi connectivity index (χ1n) is 7.72. The van der Waals surface area contributed by atoms with Gasteiger partial charge in [0.25, 0.3) is 5.91 Å². The fourth-order valence-corrected chi connectivity index (χ4v) is 2.68. The molecule has 1 aromatic heterocycles. The molecule has 6 heteroatoms. The first-order chi connectivity index (χ1) is 10.7. The third kappa shape index (κ3) is 3.96. The largest absolute Gasteiger partial charge is 0.494 e. The van der Waals surface area contributed by atoms with Crippen LogP contribution >= 0.6 is 0 Å². The molecule has 1 fully saturated rings. The van der Waals surface area contributed by atoms with Crippen molar-refractivity contribution < 1.29 is 14.3 Å². The Labute approximate surface area is 130 Å². The Bertz CT molecular complexity index is 533. The van der Waals surface area contributed by atoms with Crippen molar-refractivity contribution in [3.8, 4) is 5.75 Å². The Morgan fingerprint density at radius 1 is 1.50 bits per heavy atom. The van der Waals surface area contributed by atoms with Crippen molar-refractivity contribution in [1.29, 1.82) is 0 Å². The van der Waals surface area contributed by atoms with Crippen LogP contribution in [0.25, 0.3) is 0 Å². The highest BCUT2D eigenvalue weighted by Gasteiger charge is 2.24. The Morgan fingerprint density at radius 3 is 3.05 bits per heavy atom. The first-order valence-corrected chi connectivity index (χ1v) is 7.72. The van der Waals surface area contributed by atoms with Gasteiger partial charge in [-0.2, -0.15) is 0 Å². The highest BCUT2D eigenvalue weighted by molar-refractivity contribution is 5.96. The predicted molar refractivity (Wildman–Crippen MR) is 82.8 cm³/mol. The fourth-order valence-electron chi connectivity index (χ4n) is 2.68. The standard InChI is InChI=1S/C16H23N3O3/c1-3-9-19-10-7-12(4-5-15(19)20)18-16(21)13-6-8-17-11-14(13)22-2/h6,8,11-12H,3-5,7,9-10H2,1-2H3,(H,18,21). The maximum Gasteiger partial charge on any atom is 0.255 e. The average molecular weight is 305 g/mol. The van der Waals surface area contributed by atoms with Crippen molar-refractivity contribution in [2.45, 2.75) is 38.6 Å². The van der Waals surface area contributed by atoms with E-state index in [1.54, 1.807) is 12.3 Å². The second-order valence-corrected chi connectivity index (χ2v) is 5.45. The van der Waals surface area contributed by atoms with Gasteiger partial charge in [-0.15, -0.1) is 0 Å². The first kappa shape index (κ1) is 16.3. The molecule has 1 atom stereocenters. The number of nitrogens with zero attached hydrogens (tertiary/aromatic N) is 2. The summed E-state index contributed by atoms with van der Waals surface area (Å²) in [5.74, 6) is 0.457. The van der Waals surface area contributed by atoms with E-state index in [4.69, 9.17) is 4.74 Å². The molecule has 0 saturated carbocycles. The van der Waals surface area contributed by atoms with Gasteiger partial charge < -0.3 is 15.0 Å². The second-order valence-electron chi connectivity index (χ2n) is 5.45. The summed E-state index contributed by atoms with van der Waals surface area (Å²) in [6, 6.07) is 1.65. The van der Waals surface area contributed by atoms with Gasteiger partial charge in [0.2, 0.25) is 5.91 Å². The summed E-state index contributed by atoms with van der Waals surface area (Å²) >= 11 is 0. The number of nitrogens with one attached hydrogen (secondary N) is 1. The van der Waals surface area contributed by atoms with Gasteiger partial charge in [0.15, 0.2) is 0 Å². The highest BCUT2D eigenvalue weighted by atomic mass is 16.5. The van der Waals surface area contributed by atoms with Gasteiger partial charge in [0, 0.05) is 31.7 Å². The van der Waals surface area contributed by atoms with E-state index in [0.717, 1.165) is 19.4 Å². The monoisotopic (exact) mass is 305 g/mol. The minimum Gasteiger partial charge on any atom is -0.494 e. The normalized spacial score (nSPS) is 18.7. The van der Waals surface area contributed by atoms with Gasteiger partial charge >= 0.3 is 0 Å². The molecule has 2 heterocycles. The molecule has 0 bridgehead atoms. The van der Waals surface area contributed by atoms with Crippen LogP contribution in [0.15, 0.2) is 18.5 Å². The van der Waals surface area contributed by atoms with Crippen LogP contribution in [-0.2, 0) is 4.79 Å². The zero-order valence-corrected chi connectivity index (χ0v) is 13.2. The van der Waals surface area contributed by atoms with Crippen LogP contribution in [0.2, 0.25) is 0 Å². The molecule has 1 saturated heterocycles. The van der Waals surface area contributed by atoms with Crippen LogP contribution in [0, 0.1) is 0 Å². The number of carbonyl (C=O) groups excluding carboxylic acids is 2. The van der Waals surface area contributed by atoms with Crippen LogP contribution in [0.5, 0.6) is 5.75 Å². The molecule has 6 nitrogen and oxygen atoms in total.